The standard InChI is InChI=1S/C12H22N2O3/c1-12(2,3)10(13)11(17)14(7-9(15)16)6-8-4-5-8/h8,10H,4-7,13H2,1-3H3,(H,15,16)/t10-/m1/s1. The second-order valence-corrected chi connectivity index (χ2v) is 5.90. The second-order valence-electron chi connectivity index (χ2n) is 5.90. The van der Waals surface area contributed by atoms with Crippen molar-refractivity contribution in [1.82, 2.24) is 4.90 Å². The molecule has 1 fully saturated rings. The molecule has 0 radical (unpaired) electrons. The van der Waals surface area contributed by atoms with Crippen LogP contribution < -0.4 is 5.73 Å². The van der Waals surface area contributed by atoms with E-state index in [2.05, 4.69) is 0 Å². The van der Waals surface area contributed by atoms with E-state index in [4.69, 9.17) is 10.8 Å². The number of rotatable bonds is 5. The Bertz CT molecular complexity index is 305. The minimum atomic E-state index is -0.986. The highest BCUT2D eigenvalue weighted by Gasteiger charge is 2.34. The molecule has 0 spiro atoms. The van der Waals surface area contributed by atoms with Crippen molar-refractivity contribution in [3.05, 3.63) is 0 Å². The fourth-order valence-electron chi connectivity index (χ4n) is 1.57. The van der Waals surface area contributed by atoms with Gasteiger partial charge in [0.2, 0.25) is 5.91 Å². The Morgan fingerprint density at radius 1 is 1.41 bits per heavy atom. The molecular weight excluding hydrogens is 220 g/mol. The Hall–Kier alpha value is -1.10. The summed E-state index contributed by atoms with van der Waals surface area (Å²) in [5, 5.41) is 8.82. The summed E-state index contributed by atoms with van der Waals surface area (Å²) < 4.78 is 0. The molecule has 0 aromatic rings. The van der Waals surface area contributed by atoms with Crippen molar-refractivity contribution in [2.75, 3.05) is 13.1 Å². The van der Waals surface area contributed by atoms with Crippen molar-refractivity contribution in [2.45, 2.75) is 39.7 Å². The van der Waals surface area contributed by atoms with E-state index in [1.54, 1.807) is 0 Å². The zero-order chi connectivity index (χ0) is 13.2. The number of amides is 1. The molecule has 98 valence electrons. The zero-order valence-electron chi connectivity index (χ0n) is 10.8. The third-order valence-electron chi connectivity index (χ3n) is 3.01. The van der Waals surface area contributed by atoms with Crippen LogP contribution in [-0.2, 0) is 9.59 Å². The van der Waals surface area contributed by atoms with Gasteiger partial charge in [-0.3, -0.25) is 9.59 Å². The van der Waals surface area contributed by atoms with Gasteiger partial charge in [0.15, 0.2) is 0 Å². The zero-order valence-corrected chi connectivity index (χ0v) is 10.8. The number of carboxylic acids is 1. The average Bonchev–Trinajstić information content (AvgIpc) is 2.96. The molecule has 5 heteroatoms. The maximum atomic E-state index is 12.1. The number of hydrogen-bond donors (Lipinski definition) is 2. The van der Waals surface area contributed by atoms with E-state index in [9.17, 15) is 9.59 Å². The van der Waals surface area contributed by atoms with Gasteiger partial charge in [0.25, 0.3) is 0 Å². The first-order valence-electron chi connectivity index (χ1n) is 5.98. The Balaban J connectivity index is 2.66. The first kappa shape index (κ1) is 14.0. The lowest BCUT2D eigenvalue weighted by atomic mass is 9.86. The minimum Gasteiger partial charge on any atom is -0.480 e. The lowest BCUT2D eigenvalue weighted by Crippen LogP contribution is -2.52. The van der Waals surface area contributed by atoms with E-state index in [1.807, 2.05) is 20.8 Å². The van der Waals surface area contributed by atoms with E-state index in [0.717, 1.165) is 12.8 Å². The number of nitrogens with zero attached hydrogens (tertiary/aromatic N) is 1. The average molecular weight is 242 g/mol. The summed E-state index contributed by atoms with van der Waals surface area (Å²) in [4.78, 5) is 24.3. The van der Waals surface area contributed by atoms with Gasteiger partial charge in [-0.1, -0.05) is 20.8 Å². The minimum absolute atomic E-state index is 0.251. The molecule has 0 saturated heterocycles. The molecule has 0 aromatic heterocycles. The van der Waals surface area contributed by atoms with Gasteiger partial charge >= 0.3 is 5.97 Å². The maximum Gasteiger partial charge on any atom is 0.323 e. The molecule has 1 saturated carbocycles. The Morgan fingerprint density at radius 2 is 1.94 bits per heavy atom. The number of hydrogen-bond acceptors (Lipinski definition) is 3. The van der Waals surface area contributed by atoms with Crippen molar-refractivity contribution in [2.24, 2.45) is 17.1 Å². The van der Waals surface area contributed by atoms with E-state index < -0.39 is 12.0 Å². The van der Waals surface area contributed by atoms with Gasteiger partial charge in [-0.05, 0) is 24.2 Å². The smallest absolute Gasteiger partial charge is 0.323 e. The third-order valence-corrected chi connectivity index (χ3v) is 3.01. The number of carbonyl (C=O) groups is 2. The van der Waals surface area contributed by atoms with Gasteiger partial charge < -0.3 is 15.7 Å². The van der Waals surface area contributed by atoms with Crippen LogP contribution in [0.1, 0.15) is 33.6 Å². The van der Waals surface area contributed by atoms with Gasteiger partial charge in [0.05, 0.1) is 6.04 Å². The van der Waals surface area contributed by atoms with Gasteiger partial charge in [-0.15, -0.1) is 0 Å². The molecule has 0 heterocycles. The van der Waals surface area contributed by atoms with Crippen LogP contribution in [0.5, 0.6) is 0 Å². The van der Waals surface area contributed by atoms with Crippen molar-refractivity contribution in [1.29, 1.82) is 0 Å². The normalized spacial score (nSPS) is 17.6. The lowest BCUT2D eigenvalue weighted by molar-refractivity contribution is -0.146. The van der Waals surface area contributed by atoms with Crippen LogP contribution in [-0.4, -0.2) is 41.0 Å². The molecule has 5 nitrogen and oxygen atoms in total. The summed E-state index contributed by atoms with van der Waals surface area (Å²) >= 11 is 0. The molecule has 0 aromatic carbocycles. The van der Waals surface area contributed by atoms with Crippen molar-refractivity contribution in [3.63, 3.8) is 0 Å². The Kier molecular flexibility index (Phi) is 4.14. The summed E-state index contributed by atoms with van der Waals surface area (Å²) in [5.74, 6) is -0.780. The van der Waals surface area contributed by atoms with Crippen molar-refractivity contribution >= 4 is 11.9 Å². The predicted octanol–water partition coefficient (Wildman–Crippen LogP) is 0.683. The predicted molar refractivity (Wildman–Crippen MR) is 64.4 cm³/mol. The molecule has 1 aliphatic carbocycles. The van der Waals surface area contributed by atoms with Crippen LogP contribution in [0.3, 0.4) is 0 Å². The summed E-state index contributed by atoms with van der Waals surface area (Å²) in [6, 6.07) is -0.652. The number of aliphatic carboxylic acids is 1. The van der Waals surface area contributed by atoms with Crippen molar-refractivity contribution in [3.8, 4) is 0 Å². The fourth-order valence-corrected chi connectivity index (χ4v) is 1.57. The fraction of sp³-hybridized carbons (Fsp3) is 0.833. The summed E-state index contributed by atoms with van der Waals surface area (Å²) in [6.07, 6.45) is 2.16. The van der Waals surface area contributed by atoms with E-state index in [-0.39, 0.29) is 17.9 Å². The first-order chi connectivity index (χ1) is 7.71. The SMILES string of the molecule is CC(C)(C)[C@H](N)C(=O)N(CC(=O)O)CC1CC1. The van der Waals surface area contributed by atoms with Crippen LogP contribution in [0.2, 0.25) is 0 Å². The number of nitrogens with two attached hydrogens (primary N) is 1. The first-order valence-corrected chi connectivity index (χ1v) is 5.98. The van der Waals surface area contributed by atoms with Gasteiger partial charge in [-0.25, -0.2) is 0 Å². The Labute approximate surface area is 102 Å². The van der Waals surface area contributed by atoms with Gasteiger partial charge in [0.1, 0.15) is 6.54 Å². The van der Waals surface area contributed by atoms with Crippen LogP contribution >= 0.6 is 0 Å². The highest BCUT2D eigenvalue weighted by atomic mass is 16.4. The van der Waals surface area contributed by atoms with E-state index in [1.165, 1.54) is 4.90 Å². The van der Waals surface area contributed by atoms with Gasteiger partial charge in [0, 0.05) is 6.54 Å². The van der Waals surface area contributed by atoms with E-state index >= 15 is 0 Å². The number of carbonyl (C=O) groups excluding carboxylic acids is 1. The monoisotopic (exact) mass is 242 g/mol. The third kappa shape index (κ3) is 4.34. The van der Waals surface area contributed by atoms with E-state index in [0.29, 0.717) is 12.5 Å². The van der Waals surface area contributed by atoms with Crippen LogP contribution in [0.4, 0.5) is 0 Å². The maximum absolute atomic E-state index is 12.1. The molecule has 0 bridgehead atoms. The lowest BCUT2D eigenvalue weighted by Gasteiger charge is -2.31. The Morgan fingerprint density at radius 3 is 2.29 bits per heavy atom. The summed E-state index contributed by atoms with van der Waals surface area (Å²) in [7, 11) is 0. The quantitative estimate of drug-likeness (QED) is 0.742. The molecule has 1 amide bonds. The summed E-state index contributed by atoms with van der Waals surface area (Å²) in [6.45, 7) is 5.91. The van der Waals surface area contributed by atoms with Gasteiger partial charge in [-0.2, -0.15) is 0 Å². The largest absolute Gasteiger partial charge is 0.480 e. The highest BCUT2D eigenvalue weighted by molar-refractivity contribution is 5.85. The summed E-state index contributed by atoms with van der Waals surface area (Å²) in [5.41, 5.74) is 5.53. The molecule has 1 atom stereocenters. The number of carboxylic acid groups (broad SMARTS) is 1. The molecule has 1 aliphatic rings. The highest BCUT2D eigenvalue weighted by Crippen LogP contribution is 2.30. The molecular formula is C12H22N2O3. The van der Waals surface area contributed by atoms with Crippen LogP contribution in [0.25, 0.3) is 0 Å². The molecule has 1 rings (SSSR count). The van der Waals surface area contributed by atoms with Crippen LogP contribution in [0.15, 0.2) is 0 Å². The molecule has 0 aliphatic heterocycles. The van der Waals surface area contributed by atoms with Crippen LogP contribution in [0, 0.1) is 11.3 Å². The molecule has 3 N–H and O–H groups in total. The topological polar surface area (TPSA) is 83.6 Å². The second kappa shape index (κ2) is 5.04. The molecule has 17 heavy (non-hydrogen) atoms. The molecule has 0 unspecified atom stereocenters. The van der Waals surface area contributed by atoms with Crippen molar-refractivity contribution < 1.29 is 14.7 Å².